The standard InChI is InChI=1S/C41H28/c1-27-22-24-29(25-23-27)40-33-16-7-9-18-35(33)41(36-19-10-8-17-34(36)40)37-21-11-20-32-30-14-5-6-15-31(30)38(26-39(32)37)28-12-3-2-4-13-28/h2-26H,1H3. The van der Waals surface area contributed by atoms with Crippen LogP contribution in [0.3, 0.4) is 0 Å². The molecule has 0 atom stereocenters. The molecular formula is C41H28. The summed E-state index contributed by atoms with van der Waals surface area (Å²) >= 11 is 0. The van der Waals surface area contributed by atoms with Gasteiger partial charge in [0.1, 0.15) is 0 Å². The molecule has 0 spiro atoms. The van der Waals surface area contributed by atoms with Crippen molar-refractivity contribution in [2.24, 2.45) is 0 Å². The SMILES string of the molecule is Cc1ccc(-c2c3ccccc3c(-c3cccc4c3cc(-c3ccccc3)c3ccccc34)c3ccccc23)cc1. The van der Waals surface area contributed by atoms with E-state index in [0.29, 0.717) is 0 Å². The summed E-state index contributed by atoms with van der Waals surface area (Å²) in [5, 5.41) is 10.3. The van der Waals surface area contributed by atoms with Crippen LogP contribution in [-0.2, 0) is 0 Å². The molecule has 0 nitrogen and oxygen atoms in total. The van der Waals surface area contributed by atoms with E-state index in [4.69, 9.17) is 0 Å². The summed E-state index contributed by atoms with van der Waals surface area (Å²) in [6.07, 6.45) is 0. The van der Waals surface area contributed by atoms with Crippen LogP contribution in [0.1, 0.15) is 5.56 Å². The van der Waals surface area contributed by atoms with Crippen molar-refractivity contribution in [3.63, 3.8) is 0 Å². The van der Waals surface area contributed by atoms with E-state index >= 15 is 0 Å². The molecule has 0 aliphatic rings. The summed E-state index contributed by atoms with van der Waals surface area (Å²) in [4.78, 5) is 0. The fourth-order valence-electron chi connectivity index (χ4n) is 6.65. The van der Waals surface area contributed by atoms with Crippen molar-refractivity contribution >= 4 is 43.1 Å². The van der Waals surface area contributed by atoms with E-state index in [0.717, 1.165) is 0 Å². The zero-order chi connectivity index (χ0) is 27.3. The van der Waals surface area contributed by atoms with Crippen LogP contribution in [-0.4, -0.2) is 0 Å². The van der Waals surface area contributed by atoms with Gasteiger partial charge in [-0.1, -0.05) is 151 Å². The molecule has 8 rings (SSSR count). The van der Waals surface area contributed by atoms with Crippen LogP contribution in [0, 0.1) is 6.92 Å². The van der Waals surface area contributed by atoms with E-state index < -0.39 is 0 Å². The summed E-state index contributed by atoms with van der Waals surface area (Å²) in [7, 11) is 0. The van der Waals surface area contributed by atoms with Gasteiger partial charge in [-0.3, -0.25) is 0 Å². The lowest BCUT2D eigenvalue weighted by Gasteiger charge is -2.20. The molecule has 0 aliphatic carbocycles. The number of hydrogen-bond acceptors (Lipinski definition) is 0. The molecule has 0 radical (unpaired) electrons. The van der Waals surface area contributed by atoms with Gasteiger partial charge in [-0.05, 0) is 89.5 Å². The minimum absolute atomic E-state index is 1.24. The largest absolute Gasteiger partial charge is 0.0622 e. The maximum atomic E-state index is 2.42. The van der Waals surface area contributed by atoms with Crippen molar-refractivity contribution in [3.8, 4) is 33.4 Å². The van der Waals surface area contributed by atoms with Crippen molar-refractivity contribution in [1.82, 2.24) is 0 Å². The van der Waals surface area contributed by atoms with Gasteiger partial charge in [0, 0.05) is 0 Å². The molecule has 0 amide bonds. The number of aryl methyl sites for hydroxylation is 1. The number of hydrogen-bond donors (Lipinski definition) is 0. The lowest BCUT2D eigenvalue weighted by Crippen LogP contribution is -1.92. The van der Waals surface area contributed by atoms with Gasteiger partial charge >= 0.3 is 0 Å². The second-order valence-corrected chi connectivity index (χ2v) is 10.9. The third-order valence-corrected chi connectivity index (χ3v) is 8.53. The summed E-state index contributed by atoms with van der Waals surface area (Å²) < 4.78 is 0. The zero-order valence-electron chi connectivity index (χ0n) is 22.9. The Bertz CT molecular complexity index is 2180. The fourth-order valence-corrected chi connectivity index (χ4v) is 6.65. The van der Waals surface area contributed by atoms with Gasteiger partial charge in [0.05, 0.1) is 0 Å². The Morgan fingerprint density at radius 3 is 1.41 bits per heavy atom. The molecule has 41 heavy (non-hydrogen) atoms. The first-order valence-electron chi connectivity index (χ1n) is 14.3. The van der Waals surface area contributed by atoms with Crippen molar-refractivity contribution in [2.45, 2.75) is 6.92 Å². The fraction of sp³-hybridized carbons (Fsp3) is 0.0244. The van der Waals surface area contributed by atoms with E-state index in [1.165, 1.54) is 82.0 Å². The highest BCUT2D eigenvalue weighted by atomic mass is 14.2. The van der Waals surface area contributed by atoms with Crippen LogP contribution in [0.4, 0.5) is 0 Å². The zero-order valence-corrected chi connectivity index (χ0v) is 22.9. The van der Waals surface area contributed by atoms with E-state index in [1.54, 1.807) is 0 Å². The summed E-state index contributed by atoms with van der Waals surface area (Å²) in [6, 6.07) is 55.7. The average Bonchev–Trinajstić information content (AvgIpc) is 3.04. The Labute approximate surface area is 240 Å². The molecule has 0 bridgehead atoms. The second kappa shape index (κ2) is 9.47. The maximum absolute atomic E-state index is 2.42. The Morgan fingerprint density at radius 2 is 0.780 bits per heavy atom. The van der Waals surface area contributed by atoms with Crippen LogP contribution in [0.25, 0.3) is 76.5 Å². The van der Waals surface area contributed by atoms with E-state index in [2.05, 4.69) is 159 Å². The van der Waals surface area contributed by atoms with Gasteiger partial charge in [0.15, 0.2) is 0 Å². The lowest BCUT2D eigenvalue weighted by atomic mass is 9.83. The minimum atomic E-state index is 1.24. The van der Waals surface area contributed by atoms with Gasteiger partial charge in [0.25, 0.3) is 0 Å². The Hall–Kier alpha value is -5.20. The smallest absolute Gasteiger partial charge is 0.00201 e. The molecule has 0 saturated heterocycles. The van der Waals surface area contributed by atoms with Crippen LogP contribution < -0.4 is 0 Å². The minimum Gasteiger partial charge on any atom is -0.0622 e. The molecule has 0 heteroatoms. The monoisotopic (exact) mass is 520 g/mol. The molecule has 0 fully saturated rings. The highest BCUT2D eigenvalue weighted by molar-refractivity contribution is 6.25. The highest BCUT2D eigenvalue weighted by Gasteiger charge is 2.19. The molecular weight excluding hydrogens is 492 g/mol. The van der Waals surface area contributed by atoms with Gasteiger partial charge in [-0.2, -0.15) is 0 Å². The predicted molar refractivity (Wildman–Crippen MR) is 178 cm³/mol. The first-order chi connectivity index (χ1) is 20.3. The molecule has 0 aromatic heterocycles. The highest BCUT2D eigenvalue weighted by Crippen LogP contribution is 2.46. The average molecular weight is 521 g/mol. The van der Waals surface area contributed by atoms with Crippen molar-refractivity contribution in [3.05, 3.63) is 157 Å². The Balaban J connectivity index is 1.54. The predicted octanol–water partition coefficient (Wildman–Crippen LogP) is 11.6. The molecule has 0 saturated carbocycles. The maximum Gasteiger partial charge on any atom is -0.00201 e. The summed E-state index contributed by atoms with van der Waals surface area (Å²) in [5.74, 6) is 0. The molecule has 8 aromatic rings. The number of benzene rings is 8. The normalized spacial score (nSPS) is 11.5. The van der Waals surface area contributed by atoms with E-state index in [-0.39, 0.29) is 0 Å². The Kier molecular flexibility index (Phi) is 5.47. The number of fused-ring (bicyclic) bond motifs is 5. The third-order valence-electron chi connectivity index (χ3n) is 8.53. The van der Waals surface area contributed by atoms with Gasteiger partial charge in [-0.15, -0.1) is 0 Å². The van der Waals surface area contributed by atoms with Crippen molar-refractivity contribution < 1.29 is 0 Å². The van der Waals surface area contributed by atoms with Gasteiger partial charge in [-0.25, -0.2) is 0 Å². The topological polar surface area (TPSA) is 0 Å². The van der Waals surface area contributed by atoms with E-state index in [9.17, 15) is 0 Å². The van der Waals surface area contributed by atoms with Crippen molar-refractivity contribution in [2.75, 3.05) is 0 Å². The van der Waals surface area contributed by atoms with E-state index in [1.807, 2.05) is 0 Å². The molecule has 0 N–H and O–H groups in total. The van der Waals surface area contributed by atoms with Crippen LogP contribution in [0.5, 0.6) is 0 Å². The quantitative estimate of drug-likeness (QED) is 0.160. The van der Waals surface area contributed by atoms with Crippen LogP contribution >= 0.6 is 0 Å². The molecule has 0 unspecified atom stereocenters. The molecule has 0 heterocycles. The molecule has 8 aromatic carbocycles. The molecule has 0 aliphatic heterocycles. The second-order valence-electron chi connectivity index (χ2n) is 10.9. The third kappa shape index (κ3) is 3.76. The van der Waals surface area contributed by atoms with Gasteiger partial charge in [0.2, 0.25) is 0 Å². The molecule has 192 valence electrons. The first kappa shape index (κ1) is 23.7. The first-order valence-corrected chi connectivity index (χ1v) is 14.3. The van der Waals surface area contributed by atoms with Crippen molar-refractivity contribution in [1.29, 1.82) is 0 Å². The Morgan fingerprint density at radius 1 is 0.293 bits per heavy atom. The van der Waals surface area contributed by atoms with Gasteiger partial charge < -0.3 is 0 Å². The lowest BCUT2D eigenvalue weighted by molar-refractivity contribution is 1.47. The summed E-state index contributed by atoms with van der Waals surface area (Å²) in [6.45, 7) is 2.15. The summed E-state index contributed by atoms with van der Waals surface area (Å²) in [5.41, 5.74) is 8.91. The van der Waals surface area contributed by atoms with Crippen LogP contribution in [0.15, 0.2) is 152 Å². The number of rotatable bonds is 3. The van der Waals surface area contributed by atoms with Crippen LogP contribution in [0.2, 0.25) is 0 Å².